The smallest absolute Gasteiger partial charge is 0.423 e. The summed E-state index contributed by atoms with van der Waals surface area (Å²) >= 11 is 0. The molecule has 0 aromatic heterocycles. The van der Waals surface area contributed by atoms with Gasteiger partial charge in [0.2, 0.25) is 0 Å². The second kappa shape index (κ2) is 4.05. The third kappa shape index (κ3) is 2.14. The fourth-order valence-electron chi connectivity index (χ4n) is 1.82. The maximum absolute atomic E-state index is 12.7. The van der Waals surface area contributed by atoms with E-state index in [2.05, 4.69) is 0 Å². The molecule has 88 valence electrons. The first-order chi connectivity index (χ1) is 7.91. The van der Waals surface area contributed by atoms with E-state index < -0.39 is 24.3 Å². The van der Waals surface area contributed by atoms with Crippen molar-refractivity contribution in [2.75, 3.05) is 0 Å². The Bertz CT molecular complexity index is 552. The van der Waals surface area contributed by atoms with Crippen LogP contribution in [0.4, 0.5) is 13.2 Å². The Morgan fingerprint density at radius 2 is 1.59 bits per heavy atom. The number of hydrogen-bond donors (Lipinski definition) is 2. The minimum Gasteiger partial charge on any atom is -0.423 e. The van der Waals surface area contributed by atoms with Gasteiger partial charge in [-0.25, -0.2) is 0 Å². The van der Waals surface area contributed by atoms with E-state index in [1.807, 2.05) is 0 Å². The van der Waals surface area contributed by atoms with E-state index in [0.29, 0.717) is 5.39 Å². The third-order valence-corrected chi connectivity index (χ3v) is 2.53. The van der Waals surface area contributed by atoms with Crippen molar-refractivity contribution in [3.05, 3.63) is 42.0 Å². The van der Waals surface area contributed by atoms with Gasteiger partial charge in [0.1, 0.15) is 0 Å². The average molecular weight is 240 g/mol. The summed E-state index contributed by atoms with van der Waals surface area (Å²) in [5, 5.41) is 19.0. The Labute approximate surface area is 95.5 Å². The maximum atomic E-state index is 12.7. The van der Waals surface area contributed by atoms with E-state index >= 15 is 0 Å². The van der Waals surface area contributed by atoms with E-state index in [0.717, 1.165) is 6.07 Å². The maximum Gasteiger partial charge on any atom is 0.489 e. The molecule has 0 bridgehead atoms. The van der Waals surface area contributed by atoms with Gasteiger partial charge in [-0.15, -0.1) is 0 Å². The molecule has 0 radical (unpaired) electrons. The van der Waals surface area contributed by atoms with Crippen molar-refractivity contribution >= 4 is 23.4 Å². The Balaban J connectivity index is 2.82. The zero-order valence-corrected chi connectivity index (χ0v) is 8.57. The number of hydrogen-bond acceptors (Lipinski definition) is 2. The topological polar surface area (TPSA) is 40.5 Å². The van der Waals surface area contributed by atoms with Crippen LogP contribution in [0.2, 0.25) is 0 Å². The van der Waals surface area contributed by atoms with Gasteiger partial charge in [0.05, 0.1) is 5.56 Å². The standard InChI is InChI=1S/C11H8BF3O2/c13-11(14,15)9-6-5-7-3-1-2-4-8(7)10(9)12(16)17/h1-6,16-17H. The van der Waals surface area contributed by atoms with E-state index in [1.165, 1.54) is 12.1 Å². The van der Waals surface area contributed by atoms with E-state index in [1.54, 1.807) is 18.2 Å². The summed E-state index contributed by atoms with van der Waals surface area (Å²) in [6.07, 6.45) is -4.61. The lowest BCUT2D eigenvalue weighted by Crippen LogP contribution is -2.36. The summed E-state index contributed by atoms with van der Waals surface area (Å²) in [6, 6.07) is 8.43. The number of halogens is 3. The molecule has 0 fully saturated rings. The first-order valence-corrected chi connectivity index (χ1v) is 4.86. The van der Waals surface area contributed by atoms with E-state index in [-0.39, 0.29) is 5.39 Å². The van der Waals surface area contributed by atoms with Gasteiger partial charge in [0, 0.05) is 5.46 Å². The van der Waals surface area contributed by atoms with Gasteiger partial charge >= 0.3 is 13.3 Å². The molecule has 2 aromatic rings. The number of fused-ring (bicyclic) bond motifs is 1. The van der Waals surface area contributed by atoms with Gasteiger partial charge in [0.15, 0.2) is 0 Å². The van der Waals surface area contributed by atoms with Crippen molar-refractivity contribution in [1.82, 2.24) is 0 Å². The predicted octanol–water partition coefficient (Wildman–Crippen LogP) is 1.54. The van der Waals surface area contributed by atoms with Gasteiger partial charge in [-0.2, -0.15) is 13.2 Å². The van der Waals surface area contributed by atoms with Gasteiger partial charge in [0.25, 0.3) is 0 Å². The average Bonchev–Trinajstić information content (AvgIpc) is 2.26. The highest BCUT2D eigenvalue weighted by Gasteiger charge is 2.37. The third-order valence-electron chi connectivity index (χ3n) is 2.53. The summed E-state index contributed by atoms with van der Waals surface area (Å²) in [5.41, 5.74) is -1.53. The van der Waals surface area contributed by atoms with Crippen molar-refractivity contribution in [3.8, 4) is 0 Å². The lowest BCUT2D eigenvalue weighted by molar-refractivity contribution is -0.136. The van der Waals surface area contributed by atoms with Crippen LogP contribution in [0.25, 0.3) is 10.8 Å². The molecule has 0 aliphatic rings. The van der Waals surface area contributed by atoms with E-state index in [9.17, 15) is 13.2 Å². The molecule has 2 rings (SSSR count). The molecule has 0 heterocycles. The fourth-order valence-corrected chi connectivity index (χ4v) is 1.82. The minimum absolute atomic E-state index is 0.192. The normalized spacial score (nSPS) is 11.8. The number of rotatable bonds is 1. The van der Waals surface area contributed by atoms with Gasteiger partial charge in [-0.05, 0) is 16.8 Å². The monoisotopic (exact) mass is 240 g/mol. The van der Waals surface area contributed by atoms with Crippen LogP contribution in [0, 0.1) is 0 Å². The lowest BCUT2D eigenvalue weighted by Gasteiger charge is -2.14. The molecule has 2 N–H and O–H groups in total. The van der Waals surface area contributed by atoms with Crippen molar-refractivity contribution in [2.45, 2.75) is 6.18 Å². The van der Waals surface area contributed by atoms with Crippen LogP contribution < -0.4 is 5.46 Å². The highest BCUT2D eigenvalue weighted by molar-refractivity contribution is 6.62. The highest BCUT2D eigenvalue weighted by Crippen LogP contribution is 2.30. The molecular formula is C11H8BF3O2. The number of benzene rings is 2. The molecular weight excluding hydrogens is 232 g/mol. The summed E-state index contributed by atoms with van der Waals surface area (Å²) in [6.45, 7) is 0. The van der Waals surface area contributed by atoms with Crippen LogP contribution in [0.15, 0.2) is 36.4 Å². The zero-order chi connectivity index (χ0) is 12.6. The van der Waals surface area contributed by atoms with Crippen LogP contribution >= 0.6 is 0 Å². The quantitative estimate of drug-likeness (QED) is 0.742. The second-order valence-corrected chi connectivity index (χ2v) is 3.62. The van der Waals surface area contributed by atoms with Gasteiger partial charge in [-0.3, -0.25) is 0 Å². The molecule has 0 saturated carbocycles. The molecule has 0 aliphatic heterocycles. The van der Waals surface area contributed by atoms with Crippen molar-refractivity contribution in [1.29, 1.82) is 0 Å². The summed E-state index contributed by atoms with van der Waals surface area (Å²) in [5.74, 6) is 0. The van der Waals surface area contributed by atoms with Crippen molar-refractivity contribution in [2.24, 2.45) is 0 Å². The molecule has 0 saturated heterocycles. The van der Waals surface area contributed by atoms with Crippen LogP contribution in [0.3, 0.4) is 0 Å². The molecule has 2 nitrogen and oxygen atoms in total. The largest absolute Gasteiger partial charge is 0.489 e. The zero-order valence-electron chi connectivity index (χ0n) is 8.57. The van der Waals surface area contributed by atoms with Gasteiger partial charge in [-0.1, -0.05) is 30.3 Å². The second-order valence-electron chi connectivity index (χ2n) is 3.62. The van der Waals surface area contributed by atoms with Crippen LogP contribution in [0.1, 0.15) is 5.56 Å². The SMILES string of the molecule is OB(O)c1c(C(F)(F)F)ccc2ccccc12. The lowest BCUT2D eigenvalue weighted by atomic mass is 9.74. The Kier molecular flexibility index (Phi) is 2.85. The molecule has 0 spiro atoms. The summed E-state index contributed by atoms with van der Waals surface area (Å²) in [4.78, 5) is 0. The van der Waals surface area contributed by atoms with Crippen LogP contribution in [0.5, 0.6) is 0 Å². The first kappa shape index (κ1) is 11.9. The van der Waals surface area contributed by atoms with Crippen LogP contribution in [-0.2, 0) is 6.18 Å². The predicted molar refractivity (Wildman–Crippen MR) is 58.8 cm³/mol. The fraction of sp³-hybridized carbons (Fsp3) is 0.0909. The molecule has 0 unspecified atom stereocenters. The Morgan fingerprint density at radius 3 is 2.18 bits per heavy atom. The Hall–Kier alpha value is -1.53. The van der Waals surface area contributed by atoms with Crippen molar-refractivity contribution < 1.29 is 23.2 Å². The molecule has 0 aliphatic carbocycles. The highest BCUT2D eigenvalue weighted by atomic mass is 19.4. The summed E-state index contributed by atoms with van der Waals surface area (Å²) < 4.78 is 38.1. The van der Waals surface area contributed by atoms with Gasteiger partial charge < -0.3 is 10.0 Å². The van der Waals surface area contributed by atoms with Crippen LogP contribution in [-0.4, -0.2) is 17.2 Å². The van der Waals surface area contributed by atoms with E-state index in [4.69, 9.17) is 10.0 Å². The summed E-state index contributed by atoms with van der Waals surface area (Å²) in [7, 11) is -2.15. The molecule has 6 heteroatoms. The molecule has 0 atom stereocenters. The molecule has 17 heavy (non-hydrogen) atoms. The first-order valence-electron chi connectivity index (χ1n) is 4.86. The minimum atomic E-state index is -4.61. The Morgan fingerprint density at radius 1 is 0.941 bits per heavy atom. The van der Waals surface area contributed by atoms with Crippen molar-refractivity contribution in [3.63, 3.8) is 0 Å². The number of alkyl halides is 3. The molecule has 2 aromatic carbocycles. The molecule has 0 amide bonds.